The number of pyridine rings is 1. The third-order valence-corrected chi connectivity index (χ3v) is 4.80. The number of nitrogens with zero attached hydrogens (tertiary/aromatic N) is 4. The van der Waals surface area contributed by atoms with E-state index in [0.29, 0.717) is 6.04 Å². The second-order valence-electron chi connectivity index (χ2n) is 6.74. The lowest BCUT2D eigenvalue weighted by Gasteiger charge is -2.21. The number of hydrogen-bond donors (Lipinski definition) is 2. The largest absolute Gasteiger partial charge is 0.355 e. The summed E-state index contributed by atoms with van der Waals surface area (Å²) in [5, 5.41) is 6.18. The molecule has 0 radical (unpaired) electrons. The molecule has 0 bridgehead atoms. The molecule has 1 saturated heterocycles. The van der Waals surface area contributed by atoms with Crippen LogP contribution in [0.3, 0.4) is 0 Å². The fourth-order valence-corrected chi connectivity index (χ4v) is 3.20. The van der Waals surface area contributed by atoms with Crippen LogP contribution in [0.5, 0.6) is 0 Å². The first-order valence-electron chi connectivity index (χ1n) is 8.96. The van der Waals surface area contributed by atoms with Gasteiger partial charge in [0.2, 0.25) is 5.82 Å². The Kier molecular flexibility index (Phi) is 5.46. The Morgan fingerprint density at radius 1 is 1.23 bits per heavy atom. The molecule has 1 fully saturated rings. The smallest absolute Gasteiger partial charge is 0.288 e. The molecule has 0 aliphatic carbocycles. The van der Waals surface area contributed by atoms with Crippen LogP contribution in [0.25, 0.3) is 0 Å². The van der Waals surface area contributed by atoms with Gasteiger partial charge in [-0.3, -0.25) is 9.78 Å². The molecule has 1 aliphatic heterocycles. The van der Waals surface area contributed by atoms with Crippen molar-refractivity contribution in [3.05, 3.63) is 46.7 Å². The van der Waals surface area contributed by atoms with Gasteiger partial charge in [0.05, 0.1) is 5.69 Å². The van der Waals surface area contributed by atoms with E-state index in [1.165, 1.54) is 0 Å². The number of anilines is 1. The molecule has 2 aromatic rings. The topological polar surface area (TPSA) is 83.0 Å². The second kappa shape index (κ2) is 7.78. The van der Waals surface area contributed by atoms with Crippen molar-refractivity contribution in [1.29, 1.82) is 0 Å². The fraction of sp³-hybridized carbons (Fsp3) is 0.474. The standard InChI is InChI=1S/C19H26N6O/c1-12-6-5-7-15(22-12)10-21-16-8-9-25(11-16)18-13(2)14(3)23-17(24-18)19(26)20-4/h5-7,16,21H,8-11H2,1-4H3,(H,20,26)/t16-/m1/s1. The first-order valence-corrected chi connectivity index (χ1v) is 8.96. The predicted octanol–water partition coefficient (Wildman–Crippen LogP) is 1.52. The molecule has 138 valence electrons. The van der Waals surface area contributed by atoms with Gasteiger partial charge in [-0.15, -0.1) is 0 Å². The van der Waals surface area contributed by atoms with Crippen molar-refractivity contribution in [3.8, 4) is 0 Å². The SMILES string of the molecule is CNC(=O)c1nc(C)c(C)c(N2CC[C@@H](NCc3cccc(C)n3)C2)n1. The van der Waals surface area contributed by atoms with Gasteiger partial charge >= 0.3 is 0 Å². The minimum atomic E-state index is -0.256. The van der Waals surface area contributed by atoms with E-state index in [0.717, 1.165) is 54.5 Å². The van der Waals surface area contributed by atoms with Gasteiger partial charge in [0.1, 0.15) is 5.82 Å². The average Bonchev–Trinajstić information content (AvgIpc) is 3.10. The van der Waals surface area contributed by atoms with Crippen molar-refractivity contribution in [3.63, 3.8) is 0 Å². The molecule has 0 spiro atoms. The number of carbonyl (C=O) groups excluding carboxylic acids is 1. The Hall–Kier alpha value is -2.54. The summed E-state index contributed by atoms with van der Waals surface area (Å²) < 4.78 is 0. The lowest BCUT2D eigenvalue weighted by atomic mass is 10.2. The van der Waals surface area contributed by atoms with Gasteiger partial charge in [-0.1, -0.05) is 6.07 Å². The number of aromatic nitrogens is 3. The maximum atomic E-state index is 11.9. The summed E-state index contributed by atoms with van der Waals surface area (Å²) in [5.74, 6) is 0.828. The molecular formula is C19H26N6O. The molecule has 1 aliphatic rings. The molecule has 3 heterocycles. The average molecular weight is 354 g/mol. The van der Waals surface area contributed by atoms with E-state index < -0.39 is 0 Å². The fourth-order valence-electron chi connectivity index (χ4n) is 3.20. The molecule has 1 atom stereocenters. The Bertz CT molecular complexity index is 807. The van der Waals surface area contributed by atoms with E-state index in [1.807, 2.05) is 39.0 Å². The summed E-state index contributed by atoms with van der Waals surface area (Å²) >= 11 is 0. The van der Waals surface area contributed by atoms with Gasteiger partial charge in [0.25, 0.3) is 5.91 Å². The van der Waals surface area contributed by atoms with E-state index in [2.05, 4.69) is 30.5 Å². The number of aryl methyl sites for hydroxylation is 2. The van der Waals surface area contributed by atoms with Crippen LogP contribution in [0, 0.1) is 20.8 Å². The summed E-state index contributed by atoms with van der Waals surface area (Å²) in [7, 11) is 1.59. The van der Waals surface area contributed by atoms with Gasteiger partial charge in [0.15, 0.2) is 0 Å². The number of amides is 1. The van der Waals surface area contributed by atoms with Crippen LogP contribution in [0.15, 0.2) is 18.2 Å². The van der Waals surface area contributed by atoms with E-state index in [9.17, 15) is 4.79 Å². The summed E-state index contributed by atoms with van der Waals surface area (Å²) in [5.41, 5.74) is 3.96. The molecule has 3 rings (SSSR count). The highest BCUT2D eigenvalue weighted by molar-refractivity contribution is 5.90. The lowest BCUT2D eigenvalue weighted by Crippen LogP contribution is -2.33. The van der Waals surface area contributed by atoms with Crippen LogP contribution in [0.1, 0.15) is 39.7 Å². The molecular weight excluding hydrogens is 328 g/mol. The highest BCUT2D eigenvalue weighted by Crippen LogP contribution is 2.24. The highest BCUT2D eigenvalue weighted by atomic mass is 16.2. The van der Waals surface area contributed by atoms with E-state index >= 15 is 0 Å². The molecule has 2 aromatic heterocycles. The number of rotatable bonds is 5. The molecule has 2 N–H and O–H groups in total. The van der Waals surface area contributed by atoms with Crippen molar-refractivity contribution in [1.82, 2.24) is 25.6 Å². The van der Waals surface area contributed by atoms with Crippen LogP contribution in [0.4, 0.5) is 5.82 Å². The highest BCUT2D eigenvalue weighted by Gasteiger charge is 2.26. The molecule has 0 aromatic carbocycles. The quantitative estimate of drug-likeness (QED) is 0.847. The zero-order valence-corrected chi connectivity index (χ0v) is 15.8. The Labute approximate surface area is 154 Å². The van der Waals surface area contributed by atoms with Crippen molar-refractivity contribution in [2.75, 3.05) is 25.0 Å². The van der Waals surface area contributed by atoms with Crippen molar-refractivity contribution in [2.45, 2.75) is 39.8 Å². The molecule has 1 amide bonds. The van der Waals surface area contributed by atoms with Crippen LogP contribution < -0.4 is 15.5 Å². The molecule has 26 heavy (non-hydrogen) atoms. The minimum Gasteiger partial charge on any atom is -0.355 e. The normalized spacial score (nSPS) is 16.8. The Balaban J connectivity index is 1.68. The zero-order chi connectivity index (χ0) is 18.7. The van der Waals surface area contributed by atoms with Crippen molar-refractivity contribution in [2.24, 2.45) is 0 Å². The predicted molar refractivity (Wildman–Crippen MR) is 101 cm³/mol. The van der Waals surface area contributed by atoms with Crippen molar-refractivity contribution < 1.29 is 4.79 Å². The zero-order valence-electron chi connectivity index (χ0n) is 15.8. The third kappa shape index (κ3) is 3.99. The molecule has 7 nitrogen and oxygen atoms in total. The van der Waals surface area contributed by atoms with Crippen LogP contribution in [-0.2, 0) is 6.54 Å². The molecule has 7 heteroatoms. The molecule has 0 unspecified atom stereocenters. The van der Waals surface area contributed by atoms with Crippen LogP contribution in [0.2, 0.25) is 0 Å². The van der Waals surface area contributed by atoms with Gasteiger partial charge < -0.3 is 15.5 Å². The third-order valence-electron chi connectivity index (χ3n) is 4.80. The van der Waals surface area contributed by atoms with E-state index in [-0.39, 0.29) is 11.7 Å². The van der Waals surface area contributed by atoms with E-state index in [4.69, 9.17) is 0 Å². The first-order chi connectivity index (χ1) is 12.5. The Morgan fingerprint density at radius 2 is 2.04 bits per heavy atom. The summed E-state index contributed by atoms with van der Waals surface area (Å²) in [6.45, 7) is 8.45. The second-order valence-corrected chi connectivity index (χ2v) is 6.74. The maximum Gasteiger partial charge on any atom is 0.288 e. The van der Waals surface area contributed by atoms with Gasteiger partial charge in [-0.05, 0) is 39.3 Å². The lowest BCUT2D eigenvalue weighted by molar-refractivity contribution is 0.0952. The van der Waals surface area contributed by atoms with Gasteiger partial charge in [0, 0.05) is 49.7 Å². The van der Waals surface area contributed by atoms with Gasteiger partial charge in [-0.25, -0.2) is 9.97 Å². The Morgan fingerprint density at radius 3 is 2.77 bits per heavy atom. The van der Waals surface area contributed by atoms with Gasteiger partial charge in [-0.2, -0.15) is 0 Å². The number of hydrogen-bond acceptors (Lipinski definition) is 6. The summed E-state index contributed by atoms with van der Waals surface area (Å²) in [6, 6.07) is 6.45. The van der Waals surface area contributed by atoms with Crippen molar-refractivity contribution >= 4 is 11.7 Å². The molecule has 0 saturated carbocycles. The minimum absolute atomic E-state index is 0.228. The summed E-state index contributed by atoms with van der Waals surface area (Å²) in [4.78, 5) is 27.5. The maximum absolute atomic E-state index is 11.9. The van der Waals surface area contributed by atoms with Crippen LogP contribution >= 0.6 is 0 Å². The monoisotopic (exact) mass is 354 g/mol. The summed E-state index contributed by atoms with van der Waals surface area (Å²) in [6.07, 6.45) is 1.03. The number of carbonyl (C=O) groups is 1. The van der Waals surface area contributed by atoms with Crippen LogP contribution in [-0.4, -0.2) is 47.0 Å². The number of nitrogens with one attached hydrogen (secondary N) is 2. The first kappa shape index (κ1) is 18.3. The van der Waals surface area contributed by atoms with E-state index in [1.54, 1.807) is 7.05 Å².